The highest BCUT2D eigenvalue weighted by atomic mass is 79.9. The molecule has 2 aromatic carbocycles. The Kier molecular flexibility index (Phi) is 4.22. The van der Waals surface area contributed by atoms with Crippen LogP contribution < -0.4 is 10.2 Å². The number of benzene rings is 2. The number of carbonyl (C=O) groups excluding carboxylic acids is 2. The van der Waals surface area contributed by atoms with Gasteiger partial charge in [-0.2, -0.15) is 0 Å². The van der Waals surface area contributed by atoms with Crippen molar-refractivity contribution in [2.75, 3.05) is 10.2 Å². The Labute approximate surface area is 143 Å². The Balaban J connectivity index is 1.82. The maximum Gasteiger partial charge on any atom is 0.256 e. The average molecular weight is 373 g/mol. The van der Waals surface area contributed by atoms with E-state index in [1.165, 1.54) is 10.5 Å². The largest absolute Gasteiger partial charge is 0.373 e. The van der Waals surface area contributed by atoms with E-state index in [9.17, 15) is 9.59 Å². The number of imide groups is 1. The Hall–Kier alpha value is -2.14. The molecule has 1 atom stereocenters. The molecule has 0 saturated carbocycles. The predicted octanol–water partition coefficient (Wildman–Crippen LogP) is 3.81. The summed E-state index contributed by atoms with van der Waals surface area (Å²) in [6.45, 7) is 4.01. The zero-order chi connectivity index (χ0) is 16.6. The van der Waals surface area contributed by atoms with Crippen LogP contribution in [0.15, 0.2) is 46.9 Å². The first-order valence-electron chi connectivity index (χ1n) is 7.42. The molecule has 1 N–H and O–H groups in total. The molecule has 1 aliphatic heterocycles. The minimum Gasteiger partial charge on any atom is -0.373 e. The first kappa shape index (κ1) is 15.7. The third kappa shape index (κ3) is 3.15. The van der Waals surface area contributed by atoms with Gasteiger partial charge < -0.3 is 5.32 Å². The normalized spacial score (nSPS) is 17.7. The molecule has 23 heavy (non-hydrogen) atoms. The van der Waals surface area contributed by atoms with Crippen LogP contribution in [0.5, 0.6) is 0 Å². The number of hydrogen-bond donors (Lipinski definition) is 1. The molecule has 118 valence electrons. The molecule has 0 bridgehead atoms. The van der Waals surface area contributed by atoms with Crippen LogP contribution in [0, 0.1) is 13.8 Å². The Bertz CT molecular complexity index is 771. The monoisotopic (exact) mass is 372 g/mol. The summed E-state index contributed by atoms with van der Waals surface area (Å²) in [5.41, 5.74) is 3.72. The SMILES string of the molecule is Cc1ccc(NC2CC(=O)N(c3ccc(Br)cc3)C2=O)c(C)c1. The van der Waals surface area contributed by atoms with Crippen LogP contribution in [-0.2, 0) is 9.59 Å². The summed E-state index contributed by atoms with van der Waals surface area (Å²) in [6, 6.07) is 12.6. The van der Waals surface area contributed by atoms with Crippen molar-refractivity contribution < 1.29 is 9.59 Å². The van der Waals surface area contributed by atoms with Crippen LogP contribution in [0.3, 0.4) is 0 Å². The molecule has 2 amide bonds. The summed E-state index contributed by atoms with van der Waals surface area (Å²) in [7, 11) is 0. The molecule has 0 aromatic heterocycles. The lowest BCUT2D eigenvalue weighted by atomic mass is 10.1. The van der Waals surface area contributed by atoms with Crippen molar-refractivity contribution in [2.24, 2.45) is 0 Å². The number of nitrogens with zero attached hydrogens (tertiary/aromatic N) is 1. The number of hydrogen-bond acceptors (Lipinski definition) is 3. The molecule has 1 unspecified atom stereocenters. The van der Waals surface area contributed by atoms with Crippen LogP contribution in [0.25, 0.3) is 0 Å². The molecule has 0 radical (unpaired) electrons. The zero-order valence-corrected chi connectivity index (χ0v) is 14.6. The smallest absolute Gasteiger partial charge is 0.256 e. The topological polar surface area (TPSA) is 49.4 Å². The lowest BCUT2D eigenvalue weighted by molar-refractivity contribution is -0.121. The van der Waals surface area contributed by atoms with Gasteiger partial charge in [0.2, 0.25) is 5.91 Å². The molecule has 0 aliphatic carbocycles. The summed E-state index contributed by atoms with van der Waals surface area (Å²) in [5.74, 6) is -0.392. The van der Waals surface area contributed by atoms with Gasteiger partial charge in [0.1, 0.15) is 6.04 Å². The summed E-state index contributed by atoms with van der Waals surface area (Å²) < 4.78 is 0.908. The van der Waals surface area contributed by atoms with E-state index in [1.54, 1.807) is 12.1 Å². The molecule has 5 heteroatoms. The van der Waals surface area contributed by atoms with E-state index in [-0.39, 0.29) is 18.2 Å². The van der Waals surface area contributed by atoms with Crippen LogP contribution in [0.4, 0.5) is 11.4 Å². The van der Waals surface area contributed by atoms with E-state index in [2.05, 4.69) is 27.3 Å². The molecule has 3 rings (SSSR count). The van der Waals surface area contributed by atoms with Crippen LogP contribution in [0.2, 0.25) is 0 Å². The number of amides is 2. The fourth-order valence-corrected chi connectivity index (χ4v) is 3.03. The van der Waals surface area contributed by atoms with Gasteiger partial charge in [0, 0.05) is 10.2 Å². The van der Waals surface area contributed by atoms with Gasteiger partial charge in [0.15, 0.2) is 0 Å². The number of aryl methyl sites for hydroxylation is 2. The quantitative estimate of drug-likeness (QED) is 0.833. The standard InChI is InChI=1S/C18H17BrN2O2/c1-11-3-8-15(12(2)9-11)20-16-10-17(22)21(18(16)23)14-6-4-13(19)5-7-14/h3-9,16,20H,10H2,1-2H3. The fraction of sp³-hybridized carbons (Fsp3) is 0.222. The van der Waals surface area contributed by atoms with Crippen molar-refractivity contribution in [3.8, 4) is 0 Å². The first-order valence-corrected chi connectivity index (χ1v) is 8.21. The van der Waals surface area contributed by atoms with E-state index < -0.39 is 6.04 Å². The summed E-state index contributed by atoms with van der Waals surface area (Å²) in [6.07, 6.45) is 0.169. The molecular weight excluding hydrogens is 356 g/mol. The van der Waals surface area contributed by atoms with Gasteiger partial charge in [-0.1, -0.05) is 33.6 Å². The van der Waals surface area contributed by atoms with Crippen molar-refractivity contribution in [3.63, 3.8) is 0 Å². The second-order valence-electron chi connectivity index (χ2n) is 5.76. The van der Waals surface area contributed by atoms with Crippen molar-refractivity contribution >= 4 is 39.1 Å². The lowest BCUT2D eigenvalue weighted by Crippen LogP contribution is -2.34. The minimum atomic E-state index is -0.521. The highest BCUT2D eigenvalue weighted by Crippen LogP contribution is 2.27. The Morgan fingerprint density at radius 3 is 2.43 bits per heavy atom. The Morgan fingerprint density at radius 1 is 1.09 bits per heavy atom. The molecule has 1 saturated heterocycles. The molecule has 0 spiro atoms. The number of halogens is 1. The van der Waals surface area contributed by atoms with Gasteiger partial charge in [-0.3, -0.25) is 9.59 Å². The van der Waals surface area contributed by atoms with E-state index >= 15 is 0 Å². The summed E-state index contributed by atoms with van der Waals surface area (Å²) >= 11 is 3.35. The molecular formula is C18H17BrN2O2. The maximum atomic E-state index is 12.6. The summed E-state index contributed by atoms with van der Waals surface area (Å²) in [4.78, 5) is 26.1. The Morgan fingerprint density at radius 2 is 1.78 bits per heavy atom. The number of rotatable bonds is 3. The van der Waals surface area contributed by atoms with Gasteiger partial charge in [0.25, 0.3) is 5.91 Å². The van der Waals surface area contributed by atoms with Crippen LogP contribution in [0.1, 0.15) is 17.5 Å². The van der Waals surface area contributed by atoms with E-state index in [0.29, 0.717) is 5.69 Å². The van der Waals surface area contributed by atoms with Gasteiger partial charge in [0.05, 0.1) is 12.1 Å². The van der Waals surface area contributed by atoms with E-state index in [0.717, 1.165) is 15.7 Å². The zero-order valence-electron chi connectivity index (χ0n) is 13.0. The lowest BCUT2D eigenvalue weighted by Gasteiger charge is -2.17. The second-order valence-corrected chi connectivity index (χ2v) is 6.68. The van der Waals surface area contributed by atoms with E-state index in [4.69, 9.17) is 0 Å². The van der Waals surface area contributed by atoms with Crippen molar-refractivity contribution in [2.45, 2.75) is 26.3 Å². The second kappa shape index (κ2) is 6.16. The molecule has 4 nitrogen and oxygen atoms in total. The molecule has 1 fully saturated rings. The van der Waals surface area contributed by atoms with Gasteiger partial charge >= 0.3 is 0 Å². The predicted molar refractivity (Wildman–Crippen MR) is 94.6 cm³/mol. The number of anilines is 2. The molecule has 1 aliphatic rings. The maximum absolute atomic E-state index is 12.6. The minimum absolute atomic E-state index is 0.169. The average Bonchev–Trinajstić information content (AvgIpc) is 2.78. The number of nitrogens with one attached hydrogen (secondary N) is 1. The highest BCUT2D eigenvalue weighted by molar-refractivity contribution is 9.10. The van der Waals surface area contributed by atoms with E-state index in [1.807, 2.05) is 38.1 Å². The first-order chi connectivity index (χ1) is 11.0. The highest BCUT2D eigenvalue weighted by Gasteiger charge is 2.39. The van der Waals surface area contributed by atoms with Crippen LogP contribution in [-0.4, -0.2) is 17.9 Å². The third-order valence-corrected chi connectivity index (χ3v) is 4.47. The third-order valence-electron chi connectivity index (χ3n) is 3.94. The van der Waals surface area contributed by atoms with Gasteiger partial charge in [-0.05, 0) is 49.7 Å². The fourth-order valence-electron chi connectivity index (χ4n) is 2.77. The molecule has 1 heterocycles. The van der Waals surface area contributed by atoms with Crippen molar-refractivity contribution in [1.29, 1.82) is 0 Å². The van der Waals surface area contributed by atoms with Crippen molar-refractivity contribution in [1.82, 2.24) is 0 Å². The molecule has 2 aromatic rings. The summed E-state index contributed by atoms with van der Waals surface area (Å²) in [5, 5.41) is 3.21. The van der Waals surface area contributed by atoms with Gasteiger partial charge in [-0.15, -0.1) is 0 Å². The van der Waals surface area contributed by atoms with Crippen LogP contribution >= 0.6 is 15.9 Å². The van der Waals surface area contributed by atoms with Gasteiger partial charge in [-0.25, -0.2) is 4.90 Å². The van der Waals surface area contributed by atoms with Crippen molar-refractivity contribution in [3.05, 3.63) is 58.1 Å². The number of carbonyl (C=O) groups is 2.